The van der Waals surface area contributed by atoms with Crippen LogP contribution in [0.5, 0.6) is 0 Å². The van der Waals surface area contributed by atoms with Crippen LogP contribution in [0.2, 0.25) is 0 Å². The molecule has 2 rings (SSSR count). The van der Waals surface area contributed by atoms with Crippen LogP contribution >= 0.6 is 0 Å². The normalized spacial score (nSPS) is 12.9. The van der Waals surface area contributed by atoms with Gasteiger partial charge in [-0.05, 0) is 36.8 Å². The Morgan fingerprint density at radius 1 is 1.06 bits per heavy atom. The summed E-state index contributed by atoms with van der Waals surface area (Å²) in [6, 6.07) is 14.3. The first kappa shape index (κ1) is 11.6. The third-order valence-corrected chi connectivity index (χ3v) is 2.97. The Kier molecular flexibility index (Phi) is 3.14. The van der Waals surface area contributed by atoms with Crippen LogP contribution in [-0.2, 0) is 0 Å². The van der Waals surface area contributed by atoms with Gasteiger partial charge in [-0.25, -0.2) is 4.74 Å². The van der Waals surface area contributed by atoms with E-state index in [1.54, 1.807) is 0 Å². The molecule has 2 aromatic rings. The molecule has 0 spiro atoms. The third kappa shape index (κ3) is 2.31. The molecule has 0 fully saturated rings. The van der Waals surface area contributed by atoms with Crippen LogP contribution in [0.25, 0.3) is 10.8 Å². The Labute approximate surface area is 102 Å². The average Bonchev–Trinajstić information content (AvgIpc) is 2.36. The zero-order valence-corrected chi connectivity index (χ0v) is 10.5. The molecular formula is C15H17NO. The van der Waals surface area contributed by atoms with E-state index in [-0.39, 0.29) is 6.04 Å². The van der Waals surface area contributed by atoms with Crippen LogP contribution in [0.4, 0.5) is 0 Å². The third-order valence-electron chi connectivity index (χ3n) is 2.97. The van der Waals surface area contributed by atoms with Crippen LogP contribution < -0.4 is 0 Å². The van der Waals surface area contributed by atoms with Gasteiger partial charge in [-0.15, -0.1) is 0 Å². The van der Waals surface area contributed by atoms with Crippen molar-refractivity contribution in [1.29, 1.82) is 0 Å². The minimum atomic E-state index is -0.0264. The van der Waals surface area contributed by atoms with Crippen molar-refractivity contribution in [1.82, 2.24) is 0 Å². The zero-order chi connectivity index (χ0) is 12.4. The van der Waals surface area contributed by atoms with E-state index in [9.17, 15) is 5.21 Å². The van der Waals surface area contributed by atoms with Gasteiger partial charge in [0.2, 0.25) is 0 Å². The second-order valence-electron chi connectivity index (χ2n) is 4.57. The van der Waals surface area contributed by atoms with Gasteiger partial charge in [-0.1, -0.05) is 30.3 Å². The van der Waals surface area contributed by atoms with Crippen LogP contribution in [0.3, 0.4) is 0 Å². The van der Waals surface area contributed by atoms with Crippen molar-refractivity contribution in [3.05, 3.63) is 53.2 Å². The molecule has 2 nitrogen and oxygen atoms in total. The fourth-order valence-electron chi connectivity index (χ4n) is 1.93. The minimum absolute atomic E-state index is 0.0264. The number of benzene rings is 2. The lowest BCUT2D eigenvalue weighted by molar-refractivity contribution is -0.492. The smallest absolute Gasteiger partial charge is 0.191 e. The molecule has 0 aliphatic carbocycles. The van der Waals surface area contributed by atoms with E-state index >= 15 is 0 Å². The minimum Gasteiger partial charge on any atom is -0.623 e. The second kappa shape index (κ2) is 4.58. The molecule has 0 aromatic heterocycles. The van der Waals surface area contributed by atoms with Crippen LogP contribution in [0.1, 0.15) is 26.3 Å². The molecule has 0 saturated carbocycles. The summed E-state index contributed by atoms with van der Waals surface area (Å²) in [6.07, 6.45) is 0. The summed E-state index contributed by atoms with van der Waals surface area (Å²) in [6.45, 7) is 5.67. The van der Waals surface area contributed by atoms with Gasteiger partial charge in [0.05, 0.1) is 0 Å². The first-order valence-corrected chi connectivity index (χ1v) is 5.88. The summed E-state index contributed by atoms with van der Waals surface area (Å²) in [5, 5.41) is 14.2. The zero-order valence-electron chi connectivity index (χ0n) is 10.5. The molecule has 88 valence electrons. The van der Waals surface area contributed by atoms with E-state index in [0.717, 1.165) is 16.0 Å². The molecule has 17 heavy (non-hydrogen) atoms. The molecule has 0 aliphatic rings. The van der Waals surface area contributed by atoms with Crippen LogP contribution in [0, 0.1) is 5.21 Å². The van der Waals surface area contributed by atoms with Crippen molar-refractivity contribution in [2.24, 2.45) is 0 Å². The van der Waals surface area contributed by atoms with Crippen molar-refractivity contribution in [3.63, 3.8) is 0 Å². The monoisotopic (exact) mass is 227 g/mol. The number of rotatable bonds is 2. The molecule has 2 heteroatoms. The topological polar surface area (TPSA) is 26.1 Å². The maximum absolute atomic E-state index is 11.9. The molecule has 0 radical (unpaired) electrons. The Bertz CT molecular complexity index is 570. The van der Waals surface area contributed by atoms with Crippen LogP contribution in [-0.4, -0.2) is 16.5 Å². The molecular weight excluding hydrogens is 210 g/mol. The van der Waals surface area contributed by atoms with E-state index in [1.165, 1.54) is 10.8 Å². The molecule has 0 amide bonds. The molecule has 0 N–H and O–H groups in total. The number of nitrogens with zero attached hydrogens (tertiary/aromatic N) is 1. The number of hydrogen-bond donors (Lipinski definition) is 0. The van der Waals surface area contributed by atoms with Crippen molar-refractivity contribution < 1.29 is 4.74 Å². The fourth-order valence-corrected chi connectivity index (χ4v) is 1.93. The fraction of sp³-hybridized carbons (Fsp3) is 0.267. The summed E-state index contributed by atoms with van der Waals surface area (Å²) in [5.41, 5.74) is 1.76. The van der Waals surface area contributed by atoms with Gasteiger partial charge < -0.3 is 5.21 Å². The van der Waals surface area contributed by atoms with E-state index < -0.39 is 0 Å². The average molecular weight is 227 g/mol. The number of hydrogen-bond acceptors (Lipinski definition) is 1. The maximum atomic E-state index is 11.9. The van der Waals surface area contributed by atoms with Crippen molar-refractivity contribution in [2.75, 3.05) is 0 Å². The molecule has 0 aliphatic heterocycles. The Morgan fingerprint density at radius 3 is 2.35 bits per heavy atom. The molecule has 2 aromatic carbocycles. The lowest BCUT2D eigenvalue weighted by Gasteiger charge is -2.12. The summed E-state index contributed by atoms with van der Waals surface area (Å²) >= 11 is 0. The SMILES string of the molecule is CC(c1ccc2ccccc2c1)=[N+]([O-])C(C)C. The highest BCUT2D eigenvalue weighted by Crippen LogP contribution is 2.16. The summed E-state index contributed by atoms with van der Waals surface area (Å²) in [4.78, 5) is 0. The van der Waals surface area contributed by atoms with Crippen molar-refractivity contribution >= 4 is 16.5 Å². The molecule has 0 heterocycles. The summed E-state index contributed by atoms with van der Waals surface area (Å²) in [5.74, 6) is 0. The number of fused-ring (bicyclic) bond motifs is 1. The van der Waals surface area contributed by atoms with Crippen LogP contribution in [0.15, 0.2) is 42.5 Å². The van der Waals surface area contributed by atoms with Gasteiger partial charge >= 0.3 is 0 Å². The Morgan fingerprint density at radius 2 is 1.71 bits per heavy atom. The quantitative estimate of drug-likeness (QED) is 0.333. The van der Waals surface area contributed by atoms with Gasteiger partial charge in [0, 0.05) is 12.5 Å². The van der Waals surface area contributed by atoms with Gasteiger partial charge in [0.15, 0.2) is 11.8 Å². The second-order valence-corrected chi connectivity index (χ2v) is 4.57. The number of hydroxylamine groups is 1. The largest absolute Gasteiger partial charge is 0.623 e. The van der Waals surface area contributed by atoms with Gasteiger partial charge in [0.1, 0.15) is 0 Å². The van der Waals surface area contributed by atoms with Crippen molar-refractivity contribution in [2.45, 2.75) is 26.8 Å². The van der Waals surface area contributed by atoms with E-state index in [2.05, 4.69) is 24.3 Å². The van der Waals surface area contributed by atoms with Gasteiger partial charge in [-0.3, -0.25) is 0 Å². The van der Waals surface area contributed by atoms with Gasteiger partial charge in [-0.2, -0.15) is 0 Å². The highest BCUT2D eigenvalue weighted by molar-refractivity contribution is 5.99. The highest BCUT2D eigenvalue weighted by atomic mass is 16.5. The molecule has 0 unspecified atom stereocenters. The molecule has 0 saturated heterocycles. The molecule has 0 bridgehead atoms. The van der Waals surface area contributed by atoms with E-state index in [0.29, 0.717) is 0 Å². The highest BCUT2D eigenvalue weighted by Gasteiger charge is 2.10. The standard InChI is InChI=1S/C15H17NO/c1-11(2)16(17)12(3)14-9-8-13-6-4-5-7-15(13)10-14/h4-11H,1-3H3. The van der Waals surface area contributed by atoms with Crippen molar-refractivity contribution in [3.8, 4) is 0 Å². The summed E-state index contributed by atoms with van der Waals surface area (Å²) < 4.78 is 1.06. The molecule has 0 atom stereocenters. The van der Waals surface area contributed by atoms with E-state index in [1.807, 2.05) is 39.0 Å². The summed E-state index contributed by atoms with van der Waals surface area (Å²) in [7, 11) is 0. The first-order chi connectivity index (χ1) is 8.09. The predicted octanol–water partition coefficient (Wildman–Crippen LogP) is 3.57. The Hall–Kier alpha value is -1.83. The lowest BCUT2D eigenvalue weighted by Crippen LogP contribution is -2.21. The lowest BCUT2D eigenvalue weighted by atomic mass is 10.0. The Balaban J connectivity index is 2.54. The predicted molar refractivity (Wildman–Crippen MR) is 72.5 cm³/mol. The van der Waals surface area contributed by atoms with Gasteiger partial charge in [0.25, 0.3) is 0 Å². The first-order valence-electron chi connectivity index (χ1n) is 5.88. The van der Waals surface area contributed by atoms with E-state index in [4.69, 9.17) is 0 Å². The maximum Gasteiger partial charge on any atom is 0.191 e.